The maximum atomic E-state index is 12.0. The lowest BCUT2D eigenvalue weighted by Gasteiger charge is -2.18. The maximum Gasteiger partial charge on any atom is 0.276 e. The molecule has 4 nitrogen and oxygen atoms in total. The second-order valence-electron chi connectivity index (χ2n) is 5.59. The summed E-state index contributed by atoms with van der Waals surface area (Å²) in [5.74, 6) is -0.0805. The van der Waals surface area contributed by atoms with Crippen molar-refractivity contribution in [3.8, 4) is 0 Å². The number of likely N-dealkylation sites (N-methyl/N-ethyl adjacent to an activating group) is 1. The minimum Gasteiger partial charge on any atom is -0.372 e. The predicted octanol–water partition coefficient (Wildman–Crippen LogP) is 2.28. The van der Waals surface area contributed by atoms with Crippen LogP contribution in [0.25, 0.3) is 6.08 Å². The van der Waals surface area contributed by atoms with Gasteiger partial charge in [0.25, 0.3) is 5.91 Å². The number of nitrogens with zero attached hydrogens (tertiary/aromatic N) is 2. The normalized spacial score (nSPS) is 20.6. The Morgan fingerprint density at radius 3 is 2.57 bits per heavy atom. The third-order valence-corrected chi connectivity index (χ3v) is 4.48. The molecule has 2 aliphatic rings. The Labute approximate surface area is 130 Å². The largest absolute Gasteiger partial charge is 0.372 e. The standard InChI is InChI=1S/C16H19N3OS/c1-11-9-13(19-7-3-4-8-19)6-5-12(11)10-14-15(20)18(2)16(21)17-14/h5-6,9-10H,3-4,7-8H2,1-2H3,(H,17,21)/b14-10-. The van der Waals surface area contributed by atoms with Crippen LogP contribution in [0.3, 0.4) is 0 Å². The van der Waals surface area contributed by atoms with Crippen molar-refractivity contribution in [3.05, 3.63) is 35.0 Å². The van der Waals surface area contributed by atoms with Gasteiger partial charge < -0.3 is 10.2 Å². The first-order valence-corrected chi connectivity index (χ1v) is 7.63. The number of aryl methyl sites for hydroxylation is 1. The molecule has 0 bridgehead atoms. The number of thiocarbonyl (C=S) groups is 1. The first kappa shape index (κ1) is 14.1. The summed E-state index contributed by atoms with van der Waals surface area (Å²) >= 11 is 5.08. The fourth-order valence-corrected chi connectivity index (χ4v) is 2.97. The molecule has 1 amide bonds. The van der Waals surface area contributed by atoms with E-state index < -0.39 is 0 Å². The van der Waals surface area contributed by atoms with Crippen molar-refractivity contribution in [1.29, 1.82) is 0 Å². The summed E-state index contributed by atoms with van der Waals surface area (Å²) in [5, 5.41) is 3.41. The summed E-state index contributed by atoms with van der Waals surface area (Å²) in [5.41, 5.74) is 4.03. The molecule has 2 heterocycles. The van der Waals surface area contributed by atoms with E-state index >= 15 is 0 Å². The highest BCUT2D eigenvalue weighted by Crippen LogP contribution is 2.24. The van der Waals surface area contributed by atoms with Crippen molar-refractivity contribution in [2.24, 2.45) is 0 Å². The molecule has 0 saturated carbocycles. The zero-order chi connectivity index (χ0) is 15.0. The fourth-order valence-electron chi connectivity index (χ4n) is 2.77. The second-order valence-corrected chi connectivity index (χ2v) is 5.97. The molecule has 3 rings (SSSR count). The third-order valence-electron chi connectivity index (χ3n) is 4.11. The first-order chi connectivity index (χ1) is 10.1. The van der Waals surface area contributed by atoms with Crippen LogP contribution in [0.2, 0.25) is 0 Å². The van der Waals surface area contributed by atoms with Crippen molar-refractivity contribution in [3.63, 3.8) is 0 Å². The molecule has 110 valence electrons. The highest BCUT2D eigenvalue weighted by molar-refractivity contribution is 7.80. The summed E-state index contributed by atoms with van der Waals surface area (Å²) in [4.78, 5) is 15.9. The van der Waals surface area contributed by atoms with E-state index in [-0.39, 0.29) is 5.91 Å². The monoisotopic (exact) mass is 301 g/mol. The van der Waals surface area contributed by atoms with Crippen LogP contribution in [0.15, 0.2) is 23.9 Å². The number of hydrogen-bond acceptors (Lipinski definition) is 3. The first-order valence-electron chi connectivity index (χ1n) is 7.22. The SMILES string of the molecule is Cc1cc(N2CCCC2)ccc1/C=C1\NC(=S)N(C)C1=O. The Morgan fingerprint density at radius 2 is 2.00 bits per heavy atom. The van der Waals surface area contributed by atoms with Gasteiger partial charge in [0.15, 0.2) is 5.11 Å². The van der Waals surface area contributed by atoms with Crippen LogP contribution < -0.4 is 10.2 Å². The average Bonchev–Trinajstić information content (AvgIpc) is 3.07. The Bertz CT molecular complexity index is 632. The second kappa shape index (κ2) is 5.48. The molecule has 0 spiro atoms. The maximum absolute atomic E-state index is 12.0. The van der Waals surface area contributed by atoms with Crippen LogP contribution >= 0.6 is 12.2 Å². The molecule has 0 atom stereocenters. The molecule has 2 saturated heterocycles. The van der Waals surface area contributed by atoms with E-state index in [0.29, 0.717) is 10.8 Å². The lowest BCUT2D eigenvalue weighted by molar-refractivity contribution is -0.121. The molecule has 5 heteroatoms. The summed E-state index contributed by atoms with van der Waals surface area (Å²) in [6.07, 6.45) is 4.42. The number of benzene rings is 1. The molecule has 1 N–H and O–H groups in total. The number of anilines is 1. The fraction of sp³-hybridized carbons (Fsp3) is 0.375. The number of nitrogens with one attached hydrogen (secondary N) is 1. The van der Waals surface area contributed by atoms with Crippen LogP contribution in [0.5, 0.6) is 0 Å². The van der Waals surface area contributed by atoms with Gasteiger partial charge in [-0.1, -0.05) is 6.07 Å². The number of hydrogen-bond donors (Lipinski definition) is 1. The lowest BCUT2D eigenvalue weighted by atomic mass is 10.1. The van der Waals surface area contributed by atoms with E-state index in [2.05, 4.69) is 35.3 Å². The van der Waals surface area contributed by atoms with Crippen molar-refractivity contribution >= 4 is 35.0 Å². The highest BCUT2D eigenvalue weighted by atomic mass is 32.1. The van der Waals surface area contributed by atoms with Gasteiger partial charge in [0, 0.05) is 25.8 Å². The molecular weight excluding hydrogens is 282 g/mol. The van der Waals surface area contributed by atoms with Gasteiger partial charge in [0.05, 0.1) is 0 Å². The van der Waals surface area contributed by atoms with Crippen LogP contribution in [0, 0.1) is 6.92 Å². The topological polar surface area (TPSA) is 35.6 Å². The van der Waals surface area contributed by atoms with E-state index in [1.807, 2.05) is 6.08 Å². The predicted molar refractivity (Wildman–Crippen MR) is 89.1 cm³/mol. The van der Waals surface area contributed by atoms with Gasteiger partial charge in [-0.2, -0.15) is 0 Å². The Balaban J connectivity index is 1.86. The van der Waals surface area contributed by atoms with E-state index in [9.17, 15) is 4.79 Å². The quantitative estimate of drug-likeness (QED) is 0.671. The molecule has 0 radical (unpaired) electrons. The van der Waals surface area contributed by atoms with Gasteiger partial charge in [0.1, 0.15) is 5.70 Å². The van der Waals surface area contributed by atoms with Gasteiger partial charge in [-0.3, -0.25) is 9.69 Å². The van der Waals surface area contributed by atoms with E-state index in [0.717, 1.165) is 18.7 Å². The van der Waals surface area contributed by atoms with Gasteiger partial charge in [-0.15, -0.1) is 0 Å². The number of rotatable bonds is 2. The van der Waals surface area contributed by atoms with Crippen molar-refractivity contribution in [2.45, 2.75) is 19.8 Å². The minimum atomic E-state index is -0.0805. The van der Waals surface area contributed by atoms with Gasteiger partial charge in [-0.05, 0) is 61.3 Å². The Hall–Kier alpha value is -1.88. The molecule has 2 aliphatic heterocycles. The molecule has 0 unspecified atom stereocenters. The lowest BCUT2D eigenvalue weighted by Crippen LogP contribution is -2.25. The summed E-state index contributed by atoms with van der Waals surface area (Å²) in [7, 11) is 1.68. The van der Waals surface area contributed by atoms with Crippen molar-refractivity contribution < 1.29 is 4.79 Å². The molecule has 21 heavy (non-hydrogen) atoms. The number of carbonyl (C=O) groups is 1. The summed E-state index contributed by atoms with van der Waals surface area (Å²) < 4.78 is 0. The van der Waals surface area contributed by atoms with Crippen LogP contribution in [-0.4, -0.2) is 36.1 Å². The van der Waals surface area contributed by atoms with Crippen LogP contribution in [0.1, 0.15) is 24.0 Å². The molecule has 1 aromatic rings. The van der Waals surface area contributed by atoms with Gasteiger partial charge in [-0.25, -0.2) is 0 Å². The van der Waals surface area contributed by atoms with Gasteiger partial charge in [0.2, 0.25) is 0 Å². The van der Waals surface area contributed by atoms with E-state index in [4.69, 9.17) is 12.2 Å². The van der Waals surface area contributed by atoms with Crippen molar-refractivity contribution in [1.82, 2.24) is 10.2 Å². The minimum absolute atomic E-state index is 0.0805. The molecule has 1 aromatic carbocycles. The summed E-state index contributed by atoms with van der Waals surface area (Å²) in [6, 6.07) is 6.40. The number of amides is 1. The van der Waals surface area contributed by atoms with Crippen molar-refractivity contribution in [2.75, 3.05) is 25.0 Å². The molecule has 2 fully saturated rings. The Kier molecular flexibility index (Phi) is 3.68. The van der Waals surface area contributed by atoms with E-state index in [1.54, 1.807) is 7.05 Å². The molecular formula is C16H19N3OS. The highest BCUT2D eigenvalue weighted by Gasteiger charge is 2.27. The van der Waals surface area contributed by atoms with Gasteiger partial charge >= 0.3 is 0 Å². The number of carbonyl (C=O) groups excluding carboxylic acids is 1. The zero-order valence-electron chi connectivity index (χ0n) is 12.3. The van der Waals surface area contributed by atoms with E-state index in [1.165, 1.54) is 29.0 Å². The Morgan fingerprint density at radius 1 is 1.29 bits per heavy atom. The summed E-state index contributed by atoms with van der Waals surface area (Å²) in [6.45, 7) is 4.35. The molecule has 0 aromatic heterocycles. The van der Waals surface area contributed by atoms with Crippen LogP contribution in [-0.2, 0) is 4.79 Å². The molecule has 0 aliphatic carbocycles. The zero-order valence-corrected chi connectivity index (χ0v) is 13.2. The average molecular weight is 301 g/mol. The van der Waals surface area contributed by atoms with Crippen LogP contribution in [0.4, 0.5) is 5.69 Å². The smallest absolute Gasteiger partial charge is 0.276 e. The third kappa shape index (κ3) is 2.65.